The van der Waals surface area contributed by atoms with Crippen LogP contribution in [0.15, 0.2) is 38.7 Å². The Labute approximate surface area is 139 Å². The molecule has 0 spiro atoms. The number of rotatable bonds is 2. The van der Waals surface area contributed by atoms with E-state index in [0.29, 0.717) is 5.57 Å². The fourth-order valence-corrected chi connectivity index (χ4v) is 3.63. The number of anilines is 1. The lowest BCUT2D eigenvalue weighted by Gasteiger charge is -2.05. The van der Waals surface area contributed by atoms with Gasteiger partial charge in [-0.1, -0.05) is 17.4 Å². The van der Waals surface area contributed by atoms with Crippen LogP contribution < -0.4 is 11.3 Å². The summed E-state index contributed by atoms with van der Waals surface area (Å²) in [5.74, 6) is -1.12. The molecule has 9 nitrogen and oxygen atoms in total. The van der Waals surface area contributed by atoms with Crippen LogP contribution in [0.5, 0.6) is 0 Å². The van der Waals surface area contributed by atoms with E-state index in [1.54, 1.807) is 0 Å². The number of carbonyl (C=O) groups excluding carboxylic acids is 1. The quantitative estimate of drug-likeness (QED) is 0.761. The molecule has 3 rings (SSSR count). The van der Waals surface area contributed by atoms with Gasteiger partial charge in [0.1, 0.15) is 5.82 Å². The van der Waals surface area contributed by atoms with E-state index in [2.05, 4.69) is 10.1 Å². The van der Waals surface area contributed by atoms with Gasteiger partial charge in [-0.05, 0) is 23.8 Å². The number of nitrogens with zero attached hydrogens (tertiary/aromatic N) is 3. The Morgan fingerprint density at radius 3 is 2.67 bits per heavy atom. The number of carbonyl (C=O) groups is 1. The first-order valence-electron chi connectivity index (χ1n) is 6.41. The molecule has 11 heteroatoms. The molecule has 0 atom stereocenters. The number of sulfone groups is 1. The summed E-state index contributed by atoms with van der Waals surface area (Å²) in [7, 11) is -3.57. The van der Waals surface area contributed by atoms with Crippen LogP contribution in [0.3, 0.4) is 0 Å². The van der Waals surface area contributed by atoms with Crippen molar-refractivity contribution in [2.45, 2.75) is 4.34 Å². The van der Waals surface area contributed by atoms with E-state index in [0.717, 1.165) is 28.2 Å². The normalized spacial score (nSPS) is 16.8. The Bertz CT molecular complexity index is 1140. The fraction of sp³-hybridized carbons (Fsp3) is 0.0769. The van der Waals surface area contributed by atoms with E-state index < -0.39 is 26.9 Å². The zero-order valence-corrected chi connectivity index (χ0v) is 13.8. The van der Waals surface area contributed by atoms with Crippen molar-refractivity contribution >= 4 is 43.8 Å². The van der Waals surface area contributed by atoms with Gasteiger partial charge in [-0.25, -0.2) is 8.42 Å². The van der Waals surface area contributed by atoms with E-state index in [1.807, 2.05) is 0 Å². The van der Waals surface area contributed by atoms with Gasteiger partial charge in [0.25, 0.3) is 5.56 Å². The first-order valence-corrected chi connectivity index (χ1v) is 9.12. The topological polar surface area (TPSA) is 145 Å². The molecule has 1 aliphatic rings. The molecule has 0 bridgehead atoms. The lowest BCUT2D eigenvalue weighted by atomic mass is 10.1. The Morgan fingerprint density at radius 1 is 1.33 bits per heavy atom. The first kappa shape index (κ1) is 16.1. The number of hydrogen-bond acceptors (Lipinski definition) is 9. The summed E-state index contributed by atoms with van der Waals surface area (Å²) in [6, 6.07) is 0. The van der Waals surface area contributed by atoms with Gasteiger partial charge >= 0.3 is 0 Å². The molecular weight excluding hydrogens is 356 g/mol. The minimum absolute atomic E-state index is 0.0316. The third-order valence-corrected chi connectivity index (χ3v) is 5.66. The van der Waals surface area contributed by atoms with Gasteiger partial charge in [-0.15, -0.1) is 5.10 Å². The van der Waals surface area contributed by atoms with Gasteiger partial charge in [-0.3, -0.25) is 9.59 Å². The summed E-state index contributed by atoms with van der Waals surface area (Å²) < 4.78 is 24.0. The largest absolute Gasteiger partial charge is 0.504 e. The molecule has 0 unspecified atom stereocenters. The molecule has 3 N–H and O–H groups in total. The summed E-state index contributed by atoms with van der Waals surface area (Å²) in [6.07, 6.45) is 6.04. The predicted octanol–water partition coefficient (Wildman–Crippen LogP) is 0.101. The van der Waals surface area contributed by atoms with Crippen molar-refractivity contribution < 1.29 is 18.3 Å². The summed E-state index contributed by atoms with van der Waals surface area (Å²) >= 11 is 0.730. The Balaban J connectivity index is 2.22. The number of ketones is 1. The highest BCUT2D eigenvalue weighted by atomic mass is 32.2. The van der Waals surface area contributed by atoms with Crippen LogP contribution in [0.1, 0.15) is 5.56 Å². The van der Waals surface area contributed by atoms with Crippen molar-refractivity contribution in [1.82, 2.24) is 14.6 Å². The van der Waals surface area contributed by atoms with E-state index in [4.69, 9.17) is 5.73 Å². The van der Waals surface area contributed by atoms with Gasteiger partial charge in [0, 0.05) is 6.26 Å². The average molecular weight is 366 g/mol. The van der Waals surface area contributed by atoms with Gasteiger partial charge in [0.2, 0.25) is 24.9 Å². The van der Waals surface area contributed by atoms with Gasteiger partial charge in [-0.2, -0.15) is 9.50 Å². The maximum atomic E-state index is 12.1. The maximum Gasteiger partial charge on any atom is 0.283 e. The highest BCUT2D eigenvalue weighted by Gasteiger charge is 2.19. The van der Waals surface area contributed by atoms with Crippen LogP contribution in [0.25, 0.3) is 11.0 Å². The van der Waals surface area contributed by atoms with Crippen molar-refractivity contribution in [3.63, 3.8) is 0 Å². The lowest BCUT2D eigenvalue weighted by Crippen LogP contribution is -2.17. The summed E-state index contributed by atoms with van der Waals surface area (Å²) in [5, 5.41) is 13.3. The second kappa shape index (κ2) is 5.39. The van der Waals surface area contributed by atoms with Crippen molar-refractivity contribution in [1.29, 1.82) is 0 Å². The molecule has 0 radical (unpaired) electrons. The molecule has 24 heavy (non-hydrogen) atoms. The molecule has 0 saturated heterocycles. The SMILES string of the molecule is CS(=O)(=O)c1nn2c(N)c(C=C3C=CC(=O)C(O)=C3)c(=O)nc2s1. The van der Waals surface area contributed by atoms with E-state index >= 15 is 0 Å². The first-order chi connectivity index (χ1) is 11.2. The van der Waals surface area contributed by atoms with E-state index in [-0.39, 0.29) is 20.7 Å². The Hall–Kier alpha value is -2.79. The second-order valence-electron chi connectivity index (χ2n) is 4.92. The van der Waals surface area contributed by atoms with Crippen LogP contribution >= 0.6 is 11.3 Å². The second-order valence-corrected chi connectivity index (χ2v) is 8.07. The molecular formula is C13H10N4O5S2. The average Bonchev–Trinajstić information content (AvgIpc) is 2.91. The number of nitrogens with two attached hydrogens (primary N) is 1. The zero-order valence-electron chi connectivity index (χ0n) is 12.1. The van der Waals surface area contributed by atoms with Crippen molar-refractivity contribution in [3.05, 3.63) is 45.5 Å². The number of allylic oxidation sites excluding steroid dienone is 4. The van der Waals surface area contributed by atoms with Crippen molar-refractivity contribution in [2.24, 2.45) is 0 Å². The third-order valence-electron chi connectivity index (χ3n) is 3.08. The van der Waals surface area contributed by atoms with Crippen LogP contribution in [-0.4, -0.2) is 40.2 Å². The molecule has 2 aromatic rings. The minimum atomic E-state index is -3.57. The van der Waals surface area contributed by atoms with Crippen LogP contribution in [0.4, 0.5) is 5.82 Å². The molecule has 0 aliphatic heterocycles. The van der Waals surface area contributed by atoms with Gasteiger partial charge < -0.3 is 10.8 Å². The number of fused-ring (bicyclic) bond motifs is 1. The van der Waals surface area contributed by atoms with Crippen LogP contribution in [0.2, 0.25) is 0 Å². The molecule has 0 aromatic carbocycles. The highest BCUT2D eigenvalue weighted by Crippen LogP contribution is 2.22. The third kappa shape index (κ3) is 2.74. The van der Waals surface area contributed by atoms with Crippen LogP contribution in [0, 0.1) is 0 Å². The molecule has 2 heterocycles. The Kier molecular flexibility index (Phi) is 3.61. The summed E-state index contributed by atoms with van der Waals surface area (Å²) in [4.78, 5) is 27.2. The fourth-order valence-electron chi connectivity index (χ4n) is 1.94. The lowest BCUT2D eigenvalue weighted by molar-refractivity contribution is -0.113. The molecule has 0 fully saturated rings. The predicted molar refractivity (Wildman–Crippen MR) is 87.5 cm³/mol. The molecule has 2 aromatic heterocycles. The number of nitrogen functional groups attached to an aromatic ring is 1. The monoisotopic (exact) mass is 366 g/mol. The minimum Gasteiger partial charge on any atom is -0.504 e. The number of hydrogen-bond donors (Lipinski definition) is 2. The molecule has 124 valence electrons. The van der Waals surface area contributed by atoms with Gasteiger partial charge in [0.05, 0.1) is 5.56 Å². The van der Waals surface area contributed by atoms with Crippen LogP contribution in [-0.2, 0) is 14.6 Å². The van der Waals surface area contributed by atoms with Crippen molar-refractivity contribution in [2.75, 3.05) is 12.0 Å². The van der Waals surface area contributed by atoms with E-state index in [1.165, 1.54) is 18.2 Å². The summed E-state index contributed by atoms with van der Waals surface area (Å²) in [5.41, 5.74) is 5.56. The molecule has 1 aliphatic carbocycles. The maximum absolute atomic E-state index is 12.1. The number of aromatic nitrogens is 3. The smallest absolute Gasteiger partial charge is 0.283 e. The Morgan fingerprint density at radius 2 is 2.04 bits per heavy atom. The van der Waals surface area contributed by atoms with Crippen molar-refractivity contribution in [3.8, 4) is 0 Å². The van der Waals surface area contributed by atoms with E-state index in [9.17, 15) is 23.1 Å². The number of aliphatic hydroxyl groups is 1. The summed E-state index contributed by atoms with van der Waals surface area (Å²) in [6.45, 7) is 0. The highest BCUT2D eigenvalue weighted by molar-refractivity contribution is 7.92. The molecule has 0 saturated carbocycles. The molecule has 0 amide bonds. The number of aliphatic hydroxyl groups excluding tert-OH is 1. The van der Waals surface area contributed by atoms with Gasteiger partial charge in [0.15, 0.2) is 5.76 Å². The zero-order chi connectivity index (χ0) is 17.6. The standard InChI is InChI=1S/C13H10N4O5S2/c1-24(21,22)13-16-17-10(14)7(11(20)15-12(17)23-13)4-6-2-3-8(18)9(19)5-6/h2-5,19H,14H2,1H3.